The molecule has 0 amide bonds. The molecule has 1 N–H and O–H groups in total. The Balaban J connectivity index is 1.57. The van der Waals surface area contributed by atoms with Crippen LogP contribution in [0.4, 0.5) is 0 Å². The summed E-state index contributed by atoms with van der Waals surface area (Å²) in [4.78, 5) is 2.56. The molecule has 1 aromatic rings. The molecule has 3 nitrogen and oxygen atoms in total. The van der Waals surface area contributed by atoms with Crippen LogP contribution in [0.2, 0.25) is 0 Å². The lowest BCUT2D eigenvalue weighted by molar-refractivity contribution is 0.328. The molecule has 1 fully saturated rings. The second-order valence-corrected chi connectivity index (χ2v) is 4.63. The van der Waals surface area contributed by atoms with E-state index >= 15 is 0 Å². The fourth-order valence-corrected chi connectivity index (χ4v) is 2.27. The summed E-state index contributed by atoms with van der Waals surface area (Å²) < 4.78 is 5.07. The molecular formula is C13H22N2O. The van der Waals surface area contributed by atoms with Gasteiger partial charge in [-0.2, -0.15) is 0 Å². The molecule has 1 aliphatic heterocycles. The predicted octanol–water partition coefficient (Wildman–Crippen LogP) is 2.42. The predicted molar refractivity (Wildman–Crippen MR) is 65.4 cm³/mol. The molecule has 3 heteroatoms. The average molecular weight is 222 g/mol. The standard InChI is InChI=1S/C13H22N2O/c1-12(13-5-10-16-11-13)14-6-4-9-15-7-2-3-8-15/h5,10-12,14H,2-4,6-9H2,1H3. The maximum atomic E-state index is 5.07. The second-order valence-electron chi connectivity index (χ2n) is 4.63. The van der Waals surface area contributed by atoms with E-state index in [1.807, 2.05) is 12.3 Å². The van der Waals surface area contributed by atoms with Gasteiger partial charge in [-0.05, 0) is 58.4 Å². The van der Waals surface area contributed by atoms with Crippen molar-refractivity contribution in [1.29, 1.82) is 0 Å². The maximum absolute atomic E-state index is 5.07. The molecule has 1 atom stereocenters. The number of hydrogen-bond acceptors (Lipinski definition) is 3. The van der Waals surface area contributed by atoms with Gasteiger partial charge in [-0.3, -0.25) is 0 Å². The molecule has 0 aromatic carbocycles. The van der Waals surface area contributed by atoms with Crippen molar-refractivity contribution < 1.29 is 4.42 Å². The zero-order valence-corrected chi connectivity index (χ0v) is 10.1. The van der Waals surface area contributed by atoms with Crippen LogP contribution in [-0.4, -0.2) is 31.1 Å². The smallest absolute Gasteiger partial charge is 0.0950 e. The highest BCUT2D eigenvalue weighted by molar-refractivity contribution is 5.09. The quantitative estimate of drug-likeness (QED) is 0.749. The van der Waals surface area contributed by atoms with Gasteiger partial charge in [-0.25, -0.2) is 0 Å². The molecule has 1 unspecified atom stereocenters. The van der Waals surface area contributed by atoms with Crippen molar-refractivity contribution in [2.24, 2.45) is 0 Å². The van der Waals surface area contributed by atoms with Crippen LogP contribution in [0.25, 0.3) is 0 Å². The Morgan fingerprint density at radius 3 is 2.94 bits per heavy atom. The number of furan rings is 1. The van der Waals surface area contributed by atoms with E-state index in [-0.39, 0.29) is 0 Å². The normalized spacial score (nSPS) is 19.1. The lowest BCUT2D eigenvalue weighted by Crippen LogP contribution is -2.26. The first-order valence-electron chi connectivity index (χ1n) is 6.34. The van der Waals surface area contributed by atoms with Crippen LogP contribution in [0, 0.1) is 0 Å². The van der Waals surface area contributed by atoms with Gasteiger partial charge in [0.15, 0.2) is 0 Å². The Labute approximate surface area is 97.8 Å². The Bertz CT molecular complexity index is 278. The SMILES string of the molecule is CC(NCCCN1CCCC1)c1ccoc1. The van der Waals surface area contributed by atoms with E-state index in [2.05, 4.69) is 17.1 Å². The van der Waals surface area contributed by atoms with Crippen molar-refractivity contribution >= 4 is 0 Å². The Morgan fingerprint density at radius 1 is 1.44 bits per heavy atom. The molecule has 0 saturated carbocycles. The van der Waals surface area contributed by atoms with E-state index in [0.717, 1.165) is 6.54 Å². The third-order valence-electron chi connectivity index (χ3n) is 3.34. The lowest BCUT2D eigenvalue weighted by Gasteiger charge is -2.16. The van der Waals surface area contributed by atoms with Gasteiger partial charge >= 0.3 is 0 Å². The number of rotatable bonds is 6. The molecule has 0 bridgehead atoms. The van der Waals surface area contributed by atoms with Gasteiger partial charge in [-0.1, -0.05) is 0 Å². The van der Waals surface area contributed by atoms with Gasteiger partial charge in [0, 0.05) is 11.6 Å². The van der Waals surface area contributed by atoms with Crippen molar-refractivity contribution in [3.63, 3.8) is 0 Å². The minimum atomic E-state index is 0.400. The van der Waals surface area contributed by atoms with E-state index in [4.69, 9.17) is 4.42 Å². The van der Waals surface area contributed by atoms with Gasteiger partial charge < -0.3 is 14.6 Å². The molecule has 1 aromatic heterocycles. The van der Waals surface area contributed by atoms with Crippen molar-refractivity contribution in [3.8, 4) is 0 Å². The van der Waals surface area contributed by atoms with Crippen LogP contribution in [-0.2, 0) is 0 Å². The molecule has 90 valence electrons. The van der Waals surface area contributed by atoms with E-state index in [1.54, 1.807) is 6.26 Å². The first-order chi connectivity index (χ1) is 7.86. The molecule has 1 aliphatic rings. The highest BCUT2D eigenvalue weighted by atomic mass is 16.3. The van der Waals surface area contributed by atoms with Gasteiger partial charge in [0.25, 0.3) is 0 Å². The second kappa shape index (κ2) is 6.06. The fraction of sp³-hybridized carbons (Fsp3) is 0.692. The summed E-state index contributed by atoms with van der Waals surface area (Å²) in [5.41, 5.74) is 1.24. The highest BCUT2D eigenvalue weighted by Gasteiger charge is 2.10. The Hall–Kier alpha value is -0.800. The van der Waals surface area contributed by atoms with Crippen LogP contribution in [0.15, 0.2) is 23.0 Å². The average Bonchev–Trinajstić information content (AvgIpc) is 2.96. The highest BCUT2D eigenvalue weighted by Crippen LogP contribution is 2.12. The van der Waals surface area contributed by atoms with Crippen molar-refractivity contribution in [2.45, 2.75) is 32.2 Å². The van der Waals surface area contributed by atoms with Crippen LogP contribution in [0.3, 0.4) is 0 Å². The molecule has 2 heterocycles. The van der Waals surface area contributed by atoms with Gasteiger partial charge in [-0.15, -0.1) is 0 Å². The summed E-state index contributed by atoms with van der Waals surface area (Å²) in [6, 6.07) is 2.43. The summed E-state index contributed by atoms with van der Waals surface area (Å²) in [6.07, 6.45) is 7.57. The molecule has 16 heavy (non-hydrogen) atoms. The minimum absolute atomic E-state index is 0.400. The zero-order chi connectivity index (χ0) is 11.2. The fourth-order valence-electron chi connectivity index (χ4n) is 2.27. The van der Waals surface area contributed by atoms with Gasteiger partial charge in [0.05, 0.1) is 12.5 Å². The molecule has 0 aliphatic carbocycles. The van der Waals surface area contributed by atoms with Crippen LogP contribution in [0.1, 0.15) is 37.8 Å². The number of hydrogen-bond donors (Lipinski definition) is 1. The summed E-state index contributed by atoms with van der Waals surface area (Å²) in [5, 5.41) is 3.52. The van der Waals surface area contributed by atoms with E-state index < -0.39 is 0 Å². The van der Waals surface area contributed by atoms with E-state index in [0.29, 0.717) is 6.04 Å². The zero-order valence-electron chi connectivity index (χ0n) is 10.1. The monoisotopic (exact) mass is 222 g/mol. The molecular weight excluding hydrogens is 200 g/mol. The van der Waals surface area contributed by atoms with E-state index in [9.17, 15) is 0 Å². The Morgan fingerprint density at radius 2 is 2.25 bits per heavy atom. The minimum Gasteiger partial charge on any atom is -0.472 e. The molecule has 1 saturated heterocycles. The summed E-state index contributed by atoms with van der Waals surface area (Å²) in [6.45, 7) is 7.11. The molecule has 2 rings (SSSR count). The largest absolute Gasteiger partial charge is 0.472 e. The first kappa shape index (κ1) is 11.7. The van der Waals surface area contributed by atoms with E-state index in [1.165, 1.54) is 44.5 Å². The maximum Gasteiger partial charge on any atom is 0.0950 e. The van der Waals surface area contributed by atoms with Gasteiger partial charge in [0.2, 0.25) is 0 Å². The van der Waals surface area contributed by atoms with Crippen molar-refractivity contribution in [2.75, 3.05) is 26.2 Å². The van der Waals surface area contributed by atoms with Crippen LogP contribution < -0.4 is 5.32 Å². The molecule has 0 radical (unpaired) electrons. The summed E-state index contributed by atoms with van der Waals surface area (Å²) in [5.74, 6) is 0. The van der Waals surface area contributed by atoms with Crippen LogP contribution >= 0.6 is 0 Å². The van der Waals surface area contributed by atoms with Crippen molar-refractivity contribution in [1.82, 2.24) is 10.2 Å². The third-order valence-corrected chi connectivity index (χ3v) is 3.34. The topological polar surface area (TPSA) is 28.4 Å². The number of nitrogens with one attached hydrogen (secondary N) is 1. The molecule has 0 spiro atoms. The Kier molecular flexibility index (Phi) is 4.43. The van der Waals surface area contributed by atoms with Gasteiger partial charge in [0.1, 0.15) is 0 Å². The van der Waals surface area contributed by atoms with Crippen molar-refractivity contribution in [3.05, 3.63) is 24.2 Å². The summed E-state index contributed by atoms with van der Waals surface area (Å²) in [7, 11) is 0. The summed E-state index contributed by atoms with van der Waals surface area (Å²) >= 11 is 0. The lowest BCUT2D eigenvalue weighted by atomic mass is 10.2. The number of likely N-dealkylation sites (tertiary alicyclic amines) is 1. The number of nitrogens with zero attached hydrogens (tertiary/aromatic N) is 1. The third kappa shape index (κ3) is 3.35. The van der Waals surface area contributed by atoms with Crippen LogP contribution in [0.5, 0.6) is 0 Å². The first-order valence-corrected chi connectivity index (χ1v) is 6.34.